The van der Waals surface area contributed by atoms with Crippen LogP contribution in [0.4, 0.5) is 17.1 Å². The van der Waals surface area contributed by atoms with E-state index in [0.717, 1.165) is 5.69 Å². The van der Waals surface area contributed by atoms with Crippen molar-refractivity contribution in [1.29, 1.82) is 0 Å². The van der Waals surface area contributed by atoms with Crippen molar-refractivity contribution in [2.45, 2.75) is 0 Å². The first kappa shape index (κ1) is 24.6. The molecule has 3 heteroatoms. The van der Waals surface area contributed by atoms with Gasteiger partial charge in [0.2, 0.25) is 0 Å². The Morgan fingerprint density at radius 2 is 1.00 bits per heavy atom. The summed E-state index contributed by atoms with van der Waals surface area (Å²) in [6.07, 6.45) is 0. The molecule has 0 N–H and O–H groups in total. The largest absolute Gasteiger partial charge is 0.308 e. The van der Waals surface area contributed by atoms with Crippen LogP contribution < -0.4 is 4.90 Å². The van der Waals surface area contributed by atoms with Gasteiger partial charge in [0.05, 0.1) is 16.1 Å². The second kappa shape index (κ2) is 9.81. The fourth-order valence-electron chi connectivity index (χ4n) is 6.52. The van der Waals surface area contributed by atoms with Gasteiger partial charge >= 0.3 is 0 Å². The van der Waals surface area contributed by atoms with Gasteiger partial charge in [0, 0.05) is 46.7 Å². The van der Waals surface area contributed by atoms with Crippen LogP contribution in [0.1, 0.15) is 0 Å². The molecule has 0 fully saturated rings. The fraction of sp³-hybridized carbons (Fsp3) is 0. The van der Waals surface area contributed by atoms with E-state index in [2.05, 4.69) is 157 Å². The lowest BCUT2D eigenvalue weighted by molar-refractivity contribution is 1.32. The van der Waals surface area contributed by atoms with Crippen LogP contribution in [0, 0.1) is 0 Å². The number of hydrogen-bond acceptors (Lipinski definition) is 3. The molecule has 43 heavy (non-hydrogen) atoms. The van der Waals surface area contributed by atoms with Gasteiger partial charge in [0.1, 0.15) is 0 Å². The quantitative estimate of drug-likeness (QED) is 0.199. The van der Waals surface area contributed by atoms with Gasteiger partial charge in [-0.1, -0.05) is 109 Å². The predicted molar refractivity (Wildman–Crippen MR) is 190 cm³/mol. The Labute approximate surface area is 257 Å². The molecule has 0 amide bonds. The molecular formula is C40H25NS2. The molecule has 0 radical (unpaired) electrons. The smallest absolute Gasteiger partial charge is 0.0640 e. The summed E-state index contributed by atoms with van der Waals surface area (Å²) in [5.74, 6) is 0. The number of anilines is 3. The number of benzene rings is 7. The molecule has 0 unspecified atom stereocenters. The van der Waals surface area contributed by atoms with Gasteiger partial charge < -0.3 is 4.90 Å². The minimum Gasteiger partial charge on any atom is -0.308 e. The fourth-order valence-corrected chi connectivity index (χ4v) is 8.86. The lowest BCUT2D eigenvalue weighted by Gasteiger charge is -2.27. The molecule has 1 nitrogen and oxygen atoms in total. The van der Waals surface area contributed by atoms with Gasteiger partial charge in [-0.2, -0.15) is 0 Å². The summed E-state index contributed by atoms with van der Waals surface area (Å²) in [6, 6.07) is 55.4. The molecule has 0 atom stereocenters. The topological polar surface area (TPSA) is 3.24 Å². The summed E-state index contributed by atoms with van der Waals surface area (Å²) < 4.78 is 5.28. The Balaban J connectivity index is 1.27. The van der Waals surface area contributed by atoms with E-state index < -0.39 is 0 Å². The Morgan fingerprint density at radius 1 is 0.395 bits per heavy atom. The van der Waals surface area contributed by atoms with Crippen molar-refractivity contribution in [2.24, 2.45) is 0 Å². The van der Waals surface area contributed by atoms with E-state index >= 15 is 0 Å². The zero-order valence-electron chi connectivity index (χ0n) is 23.2. The van der Waals surface area contributed by atoms with Crippen LogP contribution in [0.2, 0.25) is 0 Å². The third-order valence-corrected chi connectivity index (χ3v) is 10.8. The molecule has 0 saturated carbocycles. The van der Waals surface area contributed by atoms with Crippen molar-refractivity contribution in [3.63, 3.8) is 0 Å². The molecule has 9 aromatic rings. The normalized spacial score (nSPS) is 11.7. The standard InChI is InChI=1S/C40H25NS2/c1-2-12-29-26(10-1)11-7-17-34(29)41(35-18-8-16-32-31-13-3-5-19-36(31)43-40(32)35)28-24-22-27(23-25-28)30-15-9-21-38-39(30)33-14-4-6-20-37(33)42-38/h1-25H. The van der Waals surface area contributed by atoms with E-state index in [0.29, 0.717) is 0 Å². The van der Waals surface area contributed by atoms with Gasteiger partial charge in [-0.3, -0.25) is 0 Å². The first-order valence-corrected chi connectivity index (χ1v) is 16.2. The third-order valence-electron chi connectivity index (χ3n) is 8.47. The van der Waals surface area contributed by atoms with Crippen LogP contribution in [0.15, 0.2) is 152 Å². The van der Waals surface area contributed by atoms with Crippen molar-refractivity contribution in [3.05, 3.63) is 152 Å². The van der Waals surface area contributed by atoms with Crippen molar-refractivity contribution >= 4 is 90.9 Å². The first-order valence-electron chi connectivity index (χ1n) is 14.5. The number of fused-ring (bicyclic) bond motifs is 7. The van der Waals surface area contributed by atoms with Crippen molar-refractivity contribution in [2.75, 3.05) is 4.90 Å². The molecule has 2 heterocycles. The molecule has 0 saturated heterocycles. The van der Waals surface area contributed by atoms with Gasteiger partial charge in [-0.25, -0.2) is 0 Å². The van der Waals surface area contributed by atoms with Crippen molar-refractivity contribution in [1.82, 2.24) is 0 Å². The zero-order chi connectivity index (χ0) is 28.3. The van der Waals surface area contributed by atoms with Gasteiger partial charge in [0.15, 0.2) is 0 Å². The highest BCUT2D eigenvalue weighted by Gasteiger charge is 2.20. The minimum absolute atomic E-state index is 1.15. The summed E-state index contributed by atoms with van der Waals surface area (Å²) in [4.78, 5) is 2.45. The van der Waals surface area contributed by atoms with Gasteiger partial charge in [-0.05, 0) is 59.0 Å². The number of rotatable bonds is 4. The summed E-state index contributed by atoms with van der Waals surface area (Å²) >= 11 is 3.74. The number of thiophene rings is 2. The Bertz CT molecular complexity index is 2460. The number of nitrogens with zero attached hydrogens (tertiary/aromatic N) is 1. The molecule has 0 aliphatic carbocycles. The highest BCUT2D eigenvalue weighted by Crippen LogP contribution is 2.47. The maximum atomic E-state index is 2.45. The summed E-state index contributed by atoms with van der Waals surface area (Å²) in [5.41, 5.74) is 6.04. The first-order chi connectivity index (χ1) is 21.3. The van der Waals surface area contributed by atoms with Gasteiger partial charge in [-0.15, -0.1) is 22.7 Å². The van der Waals surface area contributed by atoms with E-state index in [9.17, 15) is 0 Å². The number of hydrogen-bond donors (Lipinski definition) is 0. The zero-order valence-corrected chi connectivity index (χ0v) is 24.8. The molecule has 0 aliphatic rings. The highest BCUT2D eigenvalue weighted by atomic mass is 32.1. The van der Waals surface area contributed by atoms with E-state index in [1.165, 1.54) is 73.6 Å². The molecule has 0 spiro atoms. The Kier molecular flexibility index (Phi) is 5.62. The van der Waals surface area contributed by atoms with E-state index in [-0.39, 0.29) is 0 Å². The van der Waals surface area contributed by atoms with E-state index in [4.69, 9.17) is 0 Å². The molecule has 2 aromatic heterocycles. The summed E-state index contributed by atoms with van der Waals surface area (Å²) in [7, 11) is 0. The second-order valence-electron chi connectivity index (χ2n) is 10.9. The van der Waals surface area contributed by atoms with E-state index in [1.54, 1.807) is 0 Å². The molecule has 202 valence electrons. The molecule has 9 rings (SSSR count). The second-order valence-corrected chi connectivity index (χ2v) is 13.0. The Hall–Kier alpha value is -4.96. The van der Waals surface area contributed by atoms with E-state index in [1.807, 2.05) is 22.7 Å². The van der Waals surface area contributed by atoms with Crippen molar-refractivity contribution < 1.29 is 0 Å². The van der Waals surface area contributed by atoms with Crippen LogP contribution >= 0.6 is 22.7 Å². The molecule has 0 bridgehead atoms. The third kappa shape index (κ3) is 3.90. The van der Waals surface area contributed by atoms with Crippen LogP contribution in [0.25, 0.3) is 62.2 Å². The monoisotopic (exact) mass is 583 g/mol. The average Bonchev–Trinajstić information content (AvgIpc) is 3.64. The van der Waals surface area contributed by atoms with Crippen LogP contribution in [0.3, 0.4) is 0 Å². The lowest BCUT2D eigenvalue weighted by Crippen LogP contribution is -2.10. The van der Waals surface area contributed by atoms with Crippen LogP contribution in [0.5, 0.6) is 0 Å². The highest BCUT2D eigenvalue weighted by molar-refractivity contribution is 7.26. The average molecular weight is 584 g/mol. The summed E-state index contributed by atoms with van der Waals surface area (Å²) in [6.45, 7) is 0. The molecule has 0 aliphatic heterocycles. The van der Waals surface area contributed by atoms with Gasteiger partial charge in [0.25, 0.3) is 0 Å². The maximum absolute atomic E-state index is 2.45. The molecule has 7 aromatic carbocycles. The minimum atomic E-state index is 1.15. The summed E-state index contributed by atoms with van der Waals surface area (Å²) in [5, 5.41) is 7.76. The maximum Gasteiger partial charge on any atom is 0.0640 e. The van der Waals surface area contributed by atoms with Crippen LogP contribution in [-0.2, 0) is 0 Å². The SMILES string of the molecule is c1ccc2c(N(c3ccc(-c4cccc5sc6ccccc6c45)cc3)c3cccc4c3sc3ccccc34)cccc2c1. The Morgan fingerprint density at radius 3 is 1.86 bits per heavy atom. The predicted octanol–water partition coefficient (Wildman–Crippen LogP) is 12.7. The lowest BCUT2D eigenvalue weighted by atomic mass is 9.99. The van der Waals surface area contributed by atoms with Crippen LogP contribution in [-0.4, -0.2) is 0 Å². The molecular weight excluding hydrogens is 559 g/mol. The van der Waals surface area contributed by atoms with Crippen molar-refractivity contribution in [3.8, 4) is 11.1 Å².